The van der Waals surface area contributed by atoms with Gasteiger partial charge in [0.25, 0.3) is 0 Å². The predicted octanol–water partition coefficient (Wildman–Crippen LogP) is 8.15. The SMILES string of the molecule is Nc1nc(Nc2ccccc2SSc2ccccc2Nc2nc(N)nc(-c3cccc(Cl)c3)n2)nc(-c2cccc(Cl)c2)n1. The number of nitrogens with two attached hydrogens (primary N) is 2. The molecule has 6 aromatic rings. The smallest absolute Gasteiger partial charge is 0.232 e. The van der Waals surface area contributed by atoms with E-state index in [1.807, 2.05) is 72.8 Å². The largest absolute Gasteiger partial charge is 0.368 e. The molecule has 10 nitrogen and oxygen atoms in total. The van der Waals surface area contributed by atoms with Crippen LogP contribution >= 0.6 is 44.8 Å². The summed E-state index contributed by atoms with van der Waals surface area (Å²) in [6, 6.07) is 30.2. The average molecular weight is 658 g/mol. The Morgan fingerprint density at radius 2 is 0.932 bits per heavy atom. The standard InChI is InChI=1S/C30H22Cl2N10S2/c31-19-9-5-7-17(15-19)25-37-27(33)41-29(39-25)35-21-11-1-3-13-23(21)43-44-24-14-4-2-12-22(24)36-30-40-26(38-28(34)42-30)18-8-6-10-20(32)16-18/h1-16H,(H3,33,35,37,39,41)(H3,34,36,38,40,42). The summed E-state index contributed by atoms with van der Waals surface area (Å²) in [5.74, 6) is 1.65. The highest BCUT2D eigenvalue weighted by molar-refractivity contribution is 8.76. The van der Waals surface area contributed by atoms with E-state index in [0.717, 1.165) is 32.3 Å². The van der Waals surface area contributed by atoms with Gasteiger partial charge in [-0.25, -0.2) is 0 Å². The number of nitrogen functional groups attached to an aromatic ring is 2. The van der Waals surface area contributed by atoms with Crippen molar-refractivity contribution in [2.24, 2.45) is 0 Å². The highest BCUT2D eigenvalue weighted by Gasteiger charge is 2.13. The quantitative estimate of drug-likeness (QED) is 0.111. The number of rotatable bonds is 9. The number of benzene rings is 4. The molecular weight excluding hydrogens is 635 g/mol. The molecule has 0 bridgehead atoms. The van der Waals surface area contributed by atoms with E-state index < -0.39 is 0 Å². The van der Waals surface area contributed by atoms with Crippen LogP contribution in [-0.2, 0) is 0 Å². The summed E-state index contributed by atoms with van der Waals surface area (Å²) in [4.78, 5) is 28.2. The van der Waals surface area contributed by atoms with Gasteiger partial charge in [-0.3, -0.25) is 0 Å². The summed E-state index contributed by atoms with van der Waals surface area (Å²) in [7, 11) is 3.11. The Bertz CT molecular complexity index is 1820. The molecule has 2 heterocycles. The van der Waals surface area contributed by atoms with Gasteiger partial charge in [-0.2, -0.15) is 29.9 Å². The van der Waals surface area contributed by atoms with Crippen molar-refractivity contribution >= 4 is 80.0 Å². The summed E-state index contributed by atoms with van der Waals surface area (Å²) in [5, 5.41) is 7.72. The van der Waals surface area contributed by atoms with E-state index in [2.05, 4.69) is 40.5 Å². The van der Waals surface area contributed by atoms with Crippen molar-refractivity contribution in [2.75, 3.05) is 22.1 Å². The van der Waals surface area contributed by atoms with Crippen LogP contribution in [0.15, 0.2) is 107 Å². The minimum absolute atomic E-state index is 0.0921. The maximum atomic E-state index is 6.16. The lowest BCUT2D eigenvalue weighted by Gasteiger charge is -2.13. The van der Waals surface area contributed by atoms with Gasteiger partial charge in [0.2, 0.25) is 23.8 Å². The van der Waals surface area contributed by atoms with Crippen LogP contribution in [0.2, 0.25) is 10.0 Å². The number of nitrogens with zero attached hydrogens (tertiary/aromatic N) is 6. The molecule has 0 spiro atoms. The average Bonchev–Trinajstić information content (AvgIpc) is 3.01. The Morgan fingerprint density at radius 3 is 1.36 bits per heavy atom. The number of hydrogen-bond donors (Lipinski definition) is 4. The lowest BCUT2D eigenvalue weighted by molar-refractivity contribution is 1.07. The molecule has 218 valence electrons. The third kappa shape index (κ3) is 7.29. The van der Waals surface area contributed by atoms with E-state index in [9.17, 15) is 0 Å². The van der Waals surface area contributed by atoms with Gasteiger partial charge in [-0.15, -0.1) is 0 Å². The van der Waals surface area contributed by atoms with Crippen LogP contribution in [0.3, 0.4) is 0 Å². The van der Waals surface area contributed by atoms with Crippen molar-refractivity contribution in [3.05, 3.63) is 107 Å². The van der Waals surface area contributed by atoms with Gasteiger partial charge in [0, 0.05) is 31.0 Å². The minimum atomic E-state index is 0.0921. The summed E-state index contributed by atoms with van der Waals surface area (Å²) in [6.45, 7) is 0. The molecule has 0 radical (unpaired) electrons. The van der Waals surface area contributed by atoms with Crippen LogP contribution in [0.4, 0.5) is 35.2 Å². The summed E-state index contributed by atoms with van der Waals surface area (Å²) in [5.41, 5.74) is 15.1. The predicted molar refractivity (Wildman–Crippen MR) is 181 cm³/mol. The van der Waals surface area contributed by atoms with Gasteiger partial charge in [-0.1, -0.05) is 93.3 Å². The second-order valence-electron chi connectivity index (χ2n) is 9.11. The first-order valence-electron chi connectivity index (χ1n) is 13.0. The Kier molecular flexibility index (Phi) is 8.94. The second-order valence-corrected chi connectivity index (χ2v) is 12.2. The molecule has 0 fully saturated rings. The zero-order chi connectivity index (χ0) is 30.5. The molecule has 0 unspecified atom stereocenters. The fraction of sp³-hybridized carbons (Fsp3) is 0. The number of anilines is 6. The lowest BCUT2D eigenvalue weighted by atomic mass is 10.2. The van der Waals surface area contributed by atoms with E-state index in [4.69, 9.17) is 34.7 Å². The molecule has 4 aromatic carbocycles. The van der Waals surface area contributed by atoms with Crippen molar-refractivity contribution in [1.82, 2.24) is 29.9 Å². The highest BCUT2D eigenvalue weighted by atomic mass is 35.5. The summed E-state index contributed by atoms with van der Waals surface area (Å²) >= 11 is 12.3. The molecule has 0 saturated heterocycles. The Hall–Kier alpha value is -4.62. The van der Waals surface area contributed by atoms with E-state index in [1.165, 1.54) is 0 Å². The zero-order valence-electron chi connectivity index (χ0n) is 22.6. The normalized spacial score (nSPS) is 10.9. The Morgan fingerprint density at radius 1 is 0.500 bits per heavy atom. The number of nitrogens with one attached hydrogen (secondary N) is 2. The summed E-state index contributed by atoms with van der Waals surface area (Å²) in [6.07, 6.45) is 0. The fourth-order valence-electron chi connectivity index (χ4n) is 4.03. The van der Waals surface area contributed by atoms with Crippen LogP contribution < -0.4 is 22.1 Å². The first kappa shape index (κ1) is 29.5. The van der Waals surface area contributed by atoms with Gasteiger partial charge in [0.1, 0.15) is 0 Å². The van der Waals surface area contributed by atoms with Gasteiger partial charge >= 0.3 is 0 Å². The molecule has 6 N–H and O–H groups in total. The van der Waals surface area contributed by atoms with Gasteiger partial charge < -0.3 is 22.1 Å². The maximum Gasteiger partial charge on any atom is 0.232 e. The molecule has 2 aromatic heterocycles. The van der Waals surface area contributed by atoms with Crippen LogP contribution in [-0.4, -0.2) is 29.9 Å². The highest BCUT2D eigenvalue weighted by Crippen LogP contribution is 2.44. The first-order valence-corrected chi connectivity index (χ1v) is 15.9. The van der Waals surface area contributed by atoms with Crippen molar-refractivity contribution in [3.63, 3.8) is 0 Å². The molecule has 44 heavy (non-hydrogen) atoms. The van der Waals surface area contributed by atoms with E-state index >= 15 is 0 Å². The van der Waals surface area contributed by atoms with Crippen molar-refractivity contribution < 1.29 is 0 Å². The van der Waals surface area contributed by atoms with Crippen molar-refractivity contribution in [2.45, 2.75) is 9.79 Å². The molecule has 0 aliphatic heterocycles. The molecular formula is C30H22Cl2N10S2. The molecule has 0 aliphatic carbocycles. The van der Waals surface area contributed by atoms with Gasteiger partial charge in [0.15, 0.2) is 11.6 Å². The molecule has 0 aliphatic rings. The number of aromatic nitrogens is 6. The van der Waals surface area contributed by atoms with Crippen LogP contribution in [0.5, 0.6) is 0 Å². The Balaban J connectivity index is 1.21. The summed E-state index contributed by atoms with van der Waals surface area (Å²) < 4.78 is 0. The van der Waals surface area contributed by atoms with E-state index in [-0.39, 0.29) is 11.9 Å². The molecule has 0 amide bonds. The number of hydrogen-bond acceptors (Lipinski definition) is 12. The van der Waals surface area contributed by atoms with Crippen molar-refractivity contribution in [3.8, 4) is 22.8 Å². The minimum Gasteiger partial charge on any atom is -0.368 e. The van der Waals surface area contributed by atoms with Crippen LogP contribution in [0.25, 0.3) is 22.8 Å². The lowest BCUT2D eigenvalue weighted by Crippen LogP contribution is -2.05. The zero-order valence-corrected chi connectivity index (χ0v) is 25.8. The molecule has 0 saturated carbocycles. The monoisotopic (exact) mass is 656 g/mol. The van der Waals surface area contributed by atoms with E-state index in [1.54, 1.807) is 45.9 Å². The molecule has 6 rings (SSSR count). The van der Waals surface area contributed by atoms with Crippen LogP contribution in [0, 0.1) is 0 Å². The van der Waals surface area contributed by atoms with Crippen LogP contribution in [0.1, 0.15) is 0 Å². The molecule has 14 heteroatoms. The molecule has 0 atom stereocenters. The fourth-order valence-corrected chi connectivity index (χ4v) is 6.68. The third-order valence-electron chi connectivity index (χ3n) is 5.96. The maximum absolute atomic E-state index is 6.16. The second kappa shape index (κ2) is 13.3. The van der Waals surface area contributed by atoms with Gasteiger partial charge in [-0.05, 0) is 48.5 Å². The first-order chi connectivity index (χ1) is 21.4. The number of halogens is 2. The van der Waals surface area contributed by atoms with Gasteiger partial charge in [0.05, 0.1) is 11.4 Å². The van der Waals surface area contributed by atoms with Crippen molar-refractivity contribution in [1.29, 1.82) is 0 Å². The van der Waals surface area contributed by atoms with E-state index in [0.29, 0.717) is 33.6 Å². The number of para-hydroxylation sites is 2. The third-order valence-corrected chi connectivity index (χ3v) is 8.91. The Labute approximate surface area is 270 Å². The topological polar surface area (TPSA) is 153 Å².